The third kappa shape index (κ3) is 7.49. The highest BCUT2D eigenvalue weighted by Crippen LogP contribution is 2.40. The lowest BCUT2D eigenvalue weighted by Crippen LogP contribution is -2.18. The van der Waals surface area contributed by atoms with Gasteiger partial charge in [0, 0.05) is 12.8 Å². The molecule has 25 heavy (non-hydrogen) atoms. The summed E-state index contributed by atoms with van der Waals surface area (Å²) in [6, 6.07) is 3.97. The zero-order valence-corrected chi connectivity index (χ0v) is 17.2. The van der Waals surface area contributed by atoms with E-state index in [9.17, 15) is 9.67 Å². The van der Waals surface area contributed by atoms with E-state index < -0.39 is 7.60 Å². The number of unbranched alkanes of at least 4 members (excludes halogenated alkanes) is 1. The molecule has 3 N–H and O–H groups in total. The Labute approximate surface area is 151 Å². The summed E-state index contributed by atoms with van der Waals surface area (Å²) in [5, 5.41) is 10.7. The van der Waals surface area contributed by atoms with Crippen LogP contribution < -0.4 is 0 Å². The van der Waals surface area contributed by atoms with Crippen LogP contribution in [0.15, 0.2) is 12.1 Å². The summed E-state index contributed by atoms with van der Waals surface area (Å²) < 4.78 is 16.5. The van der Waals surface area contributed by atoms with Crippen molar-refractivity contribution in [2.75, 3.05) is 12.8 Å². The van der Waals surface area contributed by atoms with Crippen LogP contribution in [0.2, 0.25) is 0 Å². The smallest absolute Gasteiger partial charge is 0.325 e. The van der Waals surface area contributed by atoms with Crippen molar-refractivity contribution in [2.24, 2.45) is 0 Å². The molecule has 0 saturated heterocycles. The van der Waals surface area contributed by atoms with Crippen molar-refractivity contribution in [3.63, 3.8) is 0 Å². The zero-order valence-electron chi connectivity index (χ0n) is 16.3. The van der Waals surface area contributed by atoms with Crippen molar-refractivity contribution in [3.8, 4) is 5.75 Å². The summed E-state index contributed by atoms with van der Waals surface area (Å²) in [5.41, 5.74) is 2.45. The average Bonchev–Trinajstić information content (AvgIpc) is 2.40. The first kappa shape index (κ1) is 22.2. The lowest BCUT2D eigenvalue weighted by molar-refractivity contribution is 0.117. The number of hydrogen-bond donors (Lipinski definition) is 3. The minimum atomic E-state index is -3.91. The van der Waals surface area contributed by atoms with Crippen LogP contribution in [0.25, 0.3) is 0 Å². The molecule has 0 aromatic heterocycles. The number of aromatic hydroxyl groups is 1. The summed E-state index contributed by atoms with van der Waals surface area (Å²) in [7, 11) is -3.91. The molecule has 0 aliphatic rings. The molecule has 0 saturated carbocycles. The number of ether oxygens (including phenoxy) is 1. The monoisotopic (exact) mass is 372 g/mol. The molecule has 1 rings (SSSR count). The van der Waals surface area contributed by atoms with E-state index in [0.29, 0.717) is 31.8 Å². The van der Waals surface area contributed by atoms with Crippen molar-refractivity contribution < 1.29 is 24.2 Å². The lowest BCUT2D eigenvalue weighted by atomic mass is 9.78. The third-order valence-corrected chi connectivity index (χ3v) is 4.94. The largest absolute Gasteiger partial charge is 0.507 e. The maximum absolute atomic E-state index is 10.8. The average molecular weight is 372 g/mol. The van der Waals surface area contributed by atoms with Gasteiger partial charge in [-0.2, -0.15) is 0 Å². The van der Waals surface area contributed by atoms with E-state index in [1.807, 2.05) is 12.1 Å². The first-order chi connectivity index (χ1) is 11.2. The van der Waals surface area contributed by atoms with Crippen LogP contribution in [0.5, 0.6) is 5.75 Å². The van der Waals surface area contributed by atoms with Gasteiger partial charge in [0.25, 0.3) is 0 Å². The van der Waals surface area contributed by atoms with Crippen LogP contribution in [-0.4, -0.2) is 27.7 Å². The molecule has 0 bridgehead atoms. The van der Waals surface area contributed by atoms with Gasteiger partial charge in [0.1, 0.15) is 5.75 Å². The molecule has 0 spiro atoms. The summed E-state index contributed by atoms with van der Waals surface area (Å²) in [6.45, 7) is 13.3. The molecular weight excluding hydrogens is 339 g/mol. The van der Waals surface area contributed by atoms with Gasteiger partial charge in [-0.15, -0.1) is 0 Å². The number of rotatable bonds is 7. The molecule has 0 fully saturated rings. The third-order valence-electron chi connectivity index (χ3n) is 4.04. The van der Waals surface area contributed by atoms with Crippen LogP contribution in [0.4, 0.5) is 0 Å². The number of phenolic OH excluding ortho intramolecular Hbond substituents is 1. The first-order valence-corrected chi connectivity index (χ1v) is 10.5. The van der Waals surface area contributed by atoms with Crippen molar-refractivity contribution in [1.82, 2.24) is 0 Å². The molecule has 0 amide bonds. The van der Waals surface area contributed by atoms with Gasteiger partial charge >= 0.3 is 7.60 Å². The van der Waals surface area contributed by atoms with Crippen molar-refractivity contribution in [2.45, 2.75) is 71.8 Å². The summed E-state index contributed by atoms with van der Waals surface area (Å²) >= 11 is 0. The summed E-state index contributed by atoms with van der Waals surface area (Å²) in [5.74, 6) is 0.352. The molecule has 0 atom stereocenters. The van der Waals surface area contributed by atoms with Crippen molar-refractivity contribution in [3.05, 3.63) is 28.8 Å². The van der Waals surface area contributed by atoms with Gasteiger partial charge in [-0.05, 0) is 52.5 Å². The van der Waals surface area contributed by atoms with Gasteiger partial charge in [-0.3, -0.25) is 4.57 Å². The van der Waals surface area contributed by atoms with Gasteiger partial charge in [0.2, 0.25) is 0 Å². The van der Waals surface area contributed by atoms with Gasteiger partial charge in [0.15, 0.2) is 0 Å². The molecule has 0 unspecified atom stereocenters. The second kappa shape index (κ2) is 8.22. The highest BCUT2D eigenvalue weighted by atomic mass is 31.2. The molecule has 0 aliphatic heterocycles. The van der Waals surface area contributed by atoms with E-state index >= 15 is 0 Å². The summed E-state index contributed by atoms with van der Waals surface area (Å²) in [4.78, 5) is 17.7. The van der Waals surface area contributed by atoms with Gasteiger partial charge in [0.05, 0.1) is 6.61 Å². The van der Waals surface area contributed by atoms with Crippen molar-refractivity contribution >= 4 is 7.60 Å². The standard InChI is InChI=1S/C19H33O5P/c1-18(2,3)15-11-14(12-16(17(15)20)19(4,5)6)13-24-9-7-8-10-25(21,22)23/h11-12,20H,7-10,13H2,1-6H3,(H2,21,22,23). The lowest BCUT2D eigenvalue weighted by Gasteiger charge is -2.28. The molecule has 5 nitrogen and oxygen atoms in total. The Morgan fingerprint density at radius 1 is 0.960 bits per heavy atom. The fourth-order valence-electron chi connectivity index (χ4n) is 2.63. The molecule has 6 heteroatoms. The normalized spacial score (nSPS) is 13.3. The van der Waals surface area contributed by atoms with Crippen LogP contribution in [-0.2, 0) is 26.7 Å². The number of benzene rings is 1. The second-order valence-corrected chi connectivity index (χ2v) is 10.5. The van der Waals surface area contributed by atoms with E-state index in [1.165, 1.54) is 0 Å². The van der Waals surface area contributed by atoms with Gasteiger partial charge in [-0.1, -0.05) is 41.5 Å². The van der Waals surface area contributed by atoms with E-state index in [2.05, 4.69) is 41.5 Å². The van der Waals surface area contributed by atoms with Crippen LogP contribution in [0, 0.1) is 0 Å². The van der Waals surface area contributed by atoms with E-state index in [1.54, 1.807) is 0 Å². The Kier molecular flexibility index (Phi) is 7.29. The highest BCUT2D eigenvalue weighted by Gasteiger charge is 2.26. The van der Waals surface area contributed by atoms with Gasteiger partial charge in [-0.25, -0.2) is 0 Å². The maximum atomic E-state index is 10.8. The molecule has 1 aromatic carbocycles. The molecule has 0 aliphatic carbocycles. The molecule has 0 radical (unpaired) electrons. The predicted octanol–water partition coefficient (Wildman–Crippen LogP) is 4.46. The minimum absolute atomic E-state index is 0.0993. The molecular formula is C19H33O5P. The Hall–Kier alpha value is -0.870. The summed E-state index contributed by atoms with van der Waals surface area (Å²) in [6.07, 6.45) is 0.958. The van der Waals surface area contributed by atoms with E-state index in [0.717, 1.165) is 16.7 Å². The second-order valence-electron chi connectivity index (χ2n) is 8.69. The Morgan fingerprint density at radius 2 is 1.44 bits per heavy atom. The van der Waals surface area contributed by atoms with Crippen LogP contribution in [0.1, 0.15) is 71.1 Å². The van der Waals surface area contributed by atoms with E-state index in [4.69, 9.17) is 14.5 Å². The molecule has 144 valence electrons. The Morgan fingerprint density at radius 3 is 1.84 bits per heavy atom. The number of hydrogen-bond acceptors (Lipinski definition) is 3. The van der Waals surface area contributed by atoms with E-state index in [-0.39, 0.29) is 17.0 Å². The predicted molar refractivity (Wildman–Crippen MR) is 101 cm³/mol. The van der Waals surface area contributed by atoms with Gasteiger partial charge < -0.3 is 19.6 Å². The molecule has 0 heterocycles. The molecule has 1 aromatic rings. The zero-order chi connectivity index (χ0) is 19.5. The topological polar surface area (TPSA) is 87.0 Å². The SMILES string of the molecule is CC(C)(C)c1cc(COCCCCP(=O)(O)O)cc(C(C)(C)C)c1O. The van der Waals surface area contributed by atoms with Crippen LogP contribution in [0.3, 0.4) is 0 Å². The highest BCUT2D eigenvalue weighted by molar-refractivity contribution is 7.51. The fourth-order valence-corrected chi connectivity index (χ4v) is 3.27. The number of phenols is 1. The Bertz CT molecular complexity index is 585. The van der Waals surface area contributed by atoms with Crippen LogP contribution >= 0.6 is 7.60 Å². The minimum Gasteiger partial charge on any atom is -0.507 e. The first-order valence-electron chi connectivity index (χ1n) is 8.71. The van der Waals surface area contributed by atoms with Crippen molar-refractivity contribution in [1.29, 1.82) is 0 Å². The maximum Gasteiger partial charge on any atom is 0.325 e. The Balaban J connectivity index is 2.82. The quantitative estimate of drug-likeness (QED) is 0.486. The fraction of sp³-hybridized carbons (Fsp3) is 0.684.